The highest BCUT2D eigenvalue weighted by atomic mass is 35.5. The number of halogens is 1. The van der Waals surface area contributed by atoms with Gasteiger partial charge in [-0.25, -0.2) is 0 Å². The number of piperidine rings is 1. The molecule has 1 aliphatic heterocycles. The molecule has 0 amide bonds. The smallest absolute Gasteiger partial charge is 0.0705 e. The molecule has 0 saturated carbocycles. The molecule has 20 heavy (non-hydrogen) atoms. The van der Waals surface area contributed by atoms with Crippen molar-refractivity contribution >= 4 is 22.5 Å². The molecule has 2 heterocycles. The number of aromatic amines is 1. The summed E-state index contributed by atoms with van der Waals surface area (Å²) in [4.78, 5) is 5.84. The summed E-state index contributed by atoms with van der Waals surface area (Å²) in [5.74, 6) is 0. The highest BCUT2D eigenvalue weighted by Gasteiger charge is 2.22. The van der Waals surface area contributed by atoms with Gasteiger partial charge in [-0.2, -0.15) is 0 Å². The Kier molecular flexibility index (Phi) is 4.01. The van der Waals surface area contributed by atoms with Crippen molar-refractivity contribution in [3.8, 4) is 0 Å². The number of likely N-dealkylation sites (tertiary alicyclic amines) is 1. The van der Waals surface area contributed by atoms with Crippen LogP contribution in [-0.4, -0.2) is 35.6 Å². The summed E-state index contributed by atoms with van der Waals surface area (Å²) in [7, 11) is 2.20. The quantitative estimate of drug-likeness (QED) is 0.908. The summed E-state index contributed by atoms with van der Waals surface area (Å²) in [6, 6.07) is 9.43. The second-order valence-electron chi connectivity index (χ2n) is 5.89. The van der Waals surface area contributed by atoms with E-state index in [9.17, 15) is 0 Å². The predicted octanol–water partition coefficient (Wildman–Crippen LogP) is 3.39. The number of para-hydroxylation sites is 1. The maximum Gasteiger partial charge on any atom is 0.0705 e. The molecule has 3 nitrogen and oxygen atoms in total. The van der Waals surface area contributed by atoms with Gasteiger partial charge in [-0.05, 0) is 39.4 Å². The van der Waals surface area contributed by atoms with Gasteiger partial charge in [0, 0.05) is 35.2 Å². The molecule has 0 aliphatic carbocycles. The van der Waals surface area contributed by atoms with Crippen LogP contribution in [0.15, 0.2) is 24.3 Å². The number of hydrogen-bond donors (Lipinski definition) is 2. The van der Waals surface area contributed by atoms with Crippen molar-refractivity contribution in [2.24, 2.45) is 0 Å². The maximum atomic E-state index is 6.45. The first kappa shape index (κ1) is 13.9. The molecule has 0 bridgehead atoms. The molecular formula is C16H22ClN3. The number of nitrogens with one attached hydrogen (secondary N) is 2. The van der Waals surface area contributed by atoms with Crippen molar-refractivity contribution in [1.82, 2.24) is 15.2 Å². The topological polar surface area (TPSA) is 31.1 Å². The number of H-pyrrole nitrogens is 1. The number of nitrogens with zero attached hydrogens (tertiary/aromatic N) is 1. The summed E-state index contributed by atoms with van der Waals surface area (Å²) < 4.78 is 0. The van der Waals surface area contributed by atoms with Gasteiger partial charge in [-0.3, -0.25) is 0 Å². The molecule has 1 aromatic heterocycles. The molecule has 1 saturated heterocycles. The van der Waals surface area contributed by atoms with Crippen molar-refractivity contribution < 1.29 is 0 Å². The highest BCUT2D eigenvalue weighted by molar-refractivity contribution is 6.36. The van der Waals surface area contributed by atoms with Crippen molar-refractivity contribution in [2.45, 2.75) is 38.4 Å². The van der Waals surface area contributed by atoms with E-state index < -0.39 is 0 Å². The largest absolute Gasteiger partial charge is 0.356 e. The number of rotatable bonds is 3. The van der Waals surface area contributed by atoms with E-state index in [0.717, 1.165) is 28.2 Å². The molecule has 1 fully saturated rings. The third-order valence-corrected chi connectivity index (χ3v) is 4.92. The Hall–Kier alpha value is -1.03. The van der Waals surface area contributed by atoms with Crippen molar-refractivity contribution in [1.29, 1.82) is 0 Å². The zero-order valence-corrected chi connectivity index (χ0v) is 12.9. The Balaban J connectivity index is 1.67. The Labute approximate surface area is 125 Å². The van der Waals surface area contributed by atoms with E-state index >= 15 is 0 Å². The van der Waals surface area contributed by atoms with Crippen LogP contribution in [0.5, 0.6) is 0 Å². The molecule has 108 valence electrons. The minimum atomic E-state index is 0.587. The molecule has 2 unspecified atom stereocenters. The van der Waals surface area contributed by atoms with Gasteiger partial charge in [0.05, 0.1) is 5.02 Å². The summed E-state index contributed by atoms with van der Waals surface area (Å²) >= 11 is 6.45. The Bertz CT molecular complexity index is 592. The fourth-order valence-corrected chi connectivity index (χ4v) is 3.29. The van der Waals surface area contributed by atoms with E-state index in [4.69, 9.17) is 11.6 Å². The zero-order chi connectivity index (χ0) is 14.1. The van der Waals surface area contributed by atoms with E-state index in [0.29, 0.717) is 12.1 Å². The van der Waals surface area contributed by atoms with Gasteiger partial charge >= 0.3 is 0 Å². The number of benzene rings is 1. The molecule has 3 rings (SSSR count). The van der Waals surface area contributed by atoms with Crippen LogP contribution in [0, 0.1) is 0 Å². The lowest BCUT2D eigenvalue weighted by atomic mass is 9.99. The third kappa shape index (κ3) is 2.71. The molecular weight excluding hydrogens is 270 g/mol. The molecule has 2 N–H and O–H groups in total. The van der Waals surface area contributed by atoms with Gasteiger partial charge in [0.25, 0.3) is 0 Å². The number of aromatic nitrogens is 1. The lowest BCUT2D eigenvalue weighted by molar-refractivity contribution is 0.168. The fourth-order valence-electron chi connectivity index (χ4n) is 3.01. The predicted molar refractivity (Wildman–Crippen MR) is 85.3 cm³/mol. The first-order chi connectivity index (χ1) is 9.65. The van der Waals surface area contributed by atoms with Gasteiger partial charge in [0.15, 0.2) is 0 Å². The van der Waals surface area contributed by atoms with Gasteiger partial charge in [-0.15, -0.1) is 0 Å². The molecule has 0 radical (unpaired) electrons. The van der Waals surface area contributed by atoms with Crippen molar-refractivity contribution in [3.05, 3.63) is 35.0 Å². The molecule has 2 atom stereocenters. The molecule has 0 spiro atoms. The van der Waals surface area contributed by atoms with Crippen LogP contribution in [0.25, 0.3) is 10.9 Å². The standard InChI is InChI=1S/C16H22ClN3/c1-11-9-12(7-8-20(11)2)18-10-15-16(17)13-5-3-4-6-14(13)19-15/h3-6,11-12,18-19H,7-10H2,1-2H3. The van der Waals surface area contributed by atoms with Crippen LogP contribution in [0.3, 0.4) is 0 Å². The highest BCUT2D eigenvalue weighted by Crippen LogP contribution is 2.27. The first-order valence-corrected chi connectivity index (χ1v) is 7.71. The monoisotopic (exact) mass is 291 g/mol. The third-order valence-electron chi connectivity index (χ3n) is 4.49. The second kappa shape index (κ2) is 5.76. The number of fused-ring (bicyclic) bond motifs is 1. The Morgan fingerprint density at radius 3 is 2.95 bits per heavy atom. The molecule has 1 aromatic carbocycles. The lowest BCUT2D eigenvalue weighted by Crippen LogP contribution is -2.45. The average Bonchev–Trinajstić information content (AvgIpc) is 2.77. The van der Waals surface area contributed by atoms with Gasteiger partial charge < -0.3 is 15.2 Å². The fraction of sp³-hybridized carbons (Fsp3) is 0.500. The van der Waals surface area contributed by atoms with Crippen molar-refractivity contribution in [3.63, 3.8) is 0 Å². The van der Waals surface area contributed by atoms with E-state index in [1.54, 1.807) is 0 Å². The van der Waals surface area contributed by atoms with Crippen LogP contribution >= 0.6 is 11.6 Å². The lowest BCUT2D eigenvalue weighted by Gasteiger charge is -2.35. The SMILES string of the molecule is CC1CC(NCc2[nH]c3ccccc3c2Cl)CCN1C. The van der Waals surface area contributed by atoms with Crippen LogP contribution in [0.1, 0.15) is 25.5 Å². The van der Waals surface area contributed by atoms with E-state index in [1.165, 1.54) is 19.4 Å². The van der Waals surface area contributed by atoms with Crippen LogP contribution in [-0.2, 0) is 6.54 Å². The maximum absolute atomic E-state index is 6.45. The minimum Gasteiger partial charge on any atom is -0.356 e. The van der Waals surface area contributed by atoms with E-state index in [2.05, 4.69) is 41.3 Å². The number of hydrogen-bond acceptors (Lipinski definition) is 2. The first-order valence-electron chi connectivity index (χ1n) is 7.34. The summed E-state index contributed by atoms with van der Waals surface area (Å²) in [6.45, 7) is 4.28. The minimum absolute atomic E-state index is 0.587. The summed E-state index contributed by atoms with van der Waals surface area (Å²) in [6.07, 6.45) is 2.41. The average molecular weight is 292 g/mol. The van der Waals surface area contributed by atoms with E-state index in [1.807, 2.05) is 12.1 Å². The second-order valence-corrected chi connectivity index (χ2v) is 6.27. The Morgan fingerprint density at radius 1 is 1.40 bits per heavy atom. The van der Waals surface area contributed by atoms with Gasteiger partial charge in [0.1, 0.15) is 0 Å². The molecule has 2 aromatic rings. The van der Waals surface area contributed by atoms with Gasteiger partial charge in [0.2, 0.25) is 0 Å². The van der Waals surface area contributed by atoms with E-state index in [-0.39, 0.29) is 0 Å². The Morgan fingerprint density at radius 2 is 2.20 bits per heavy atom. The van der Waals surface area contributed by atoms with Crippen LogP contribution in [0.2, 0.25) is 5.02 Å². The summed E-state index contributed by atoms with van der Waals surface area (Å²) in [5.41, 5.74) is 2.21. The normalized spacial score (nSPS) is 24.4. The van der Waals surface area contributed by atoms with Crippen molar-refractivity contribution in [2.75, 3.05) is 13.6 Å². The van der Waals surface area contributed by atoms with Gasteiger partial charge in [-0.1, -0.05) is 29.8 Å². The van der Waals surface area contributed by atoms with Crippen LogP contribution < -0.4 is 5.32 Å². The van der Waals surface area contributed by atoms with Crippen LogP contribution in [0.4, 0.5) is 0 Å². The molecule has 1 aliphatic rings. The molecule has 4 heteroatoms. The zero-order valence-electron chi connectivity index (χ0n) is 12.1. The summed E-state index contributed by atoms with van der Waals surface area (Å²) in [5, 5.41) is 5.62.